The summed E-state index contributed by atoms with van der Waals surface area (Å²) in [4.78, 5) is 14.5. The summed E-state index contributed by atoms with van der Waals surface area (Å²) >= 11 is 1.40. The fourth-order valence-corrected chi connectivity index (χ4v) is 4.31. The van der Waals surface area contributed by atoms with E-state index < -0.39 is 0 Å². The third-order valence-corrected chi connectivity index (χ3v) is 6.14. The second-order valence-corrected chi connectivity index (χ2v) is 8.65. The van der Waals surface area contributed by atoms with Gasteiger partial charge < -0.3 is 10.2 Å². The number of anilines is 2. The molecule has 0 radical (unpaired) electrons. The molecular formula is C23H25N5OS. The van der Waals surface area contributed by atoms with Crippen LogP contribution in [0.2, 0.25) is 0 Å². The van der Waals surface area contributed by atoms with Crippen LogP contribution < -0.4 is 10.2 Å². The zero-order valence-electron chi connectivity index (χ0n) is 17.9. The summed E-state index contributed by atoms with van der Waals surface area (Å²) in [6, 6.07) is 14.2. The highest BCUT2D eigenvalue weighted by molar-refractivity contribution is 7.99. The van der Waals surface area contributed by atoms with E-state index in [2.05, 4.69) is 52.0 Å². The SMILES string of the molecule is Cc1ccc(C)c2c1cc(C)c1nnc(SCC(=O)Nc3ccc(N(C)C)cc3)n12. The number of pyridine rings is 1. The minimum atomic E-state index is -0.0702. The van der Waals surface area contributed by atoms with Crippen molar-refractivity contribution in [1.29, 1.82) is 0 Å². The molecule has 30 heavy (non-hydrogen) atoms. The number of carbonyl (C=O) groups is 1. The van der Waals surface area contributed by atoms with Crippen LogP contribution in [0.25, 0.3) is 16.6 Å². The van der Waals surface area contributed by atoms with Crippen molar-refractivity contribution < 1.29 is 4.79 Å². The summed E-state index contributed by atoms with van der Waals surface area (Å²) in [7, 11) is 3.98. The van der Waals surface area contributed by atoms with Gasteiger partial charge in [-0.3, -0.25) is 9.20 Å². The number of rotatable bonds is 5. The van der Waals surface area contributed by atoms with Crippen molar-refractivity contribution in [3.63, 3.8) is 0 Å². The van der Waals surface area contributed by atoms with Crippen molar-refractivity contribution in [2.45, 2.75) is 25.9 Å². The Bertz CT molecular complexity index is 1240. The molecule has 2 aromatic heterocycles. The van der Waals surface area contributed by atoms with Crippen molar-refractivity contribution in [1.82, 2.24) is 14.6 Å². The summed E-state index contributed by atoms with van der Waals surface area (Å²) in [6.07, 6.45) is 0. The average Bonchev–Trinajstić information content (AvgIpc) is 3.14. The maximum absolute atomic E-state index is 12.5. The maximum Gasteiger partial charge on any atom is 0.234 e. The first-order valence-corrected chi connectivity index (χ1v) is 10.8. The Labute approximate surface area is 180 Å². The monoisotopic (exact) mass is 419 g/mol. The van der Waals surface area contributed by atoms with Gasteiger partial charge in [0, 0.05) is 30.9 Å². The van der Waals surface area contributed by atoms with Gasteiger partial charge in [-0.25, -0.2) is 0 Å². The highest BCUT2D eigenvalue weighted by Crippen LogP contribution is 2.29. The van der Waals surface area contributed by atoms with Crippen LogP contribution in [0.1, 0.15) is 16.7 Å². The first-order chi connectivity index (χ1) is 14.3. The zero-order valence-corrected chi connectivity index (χ0v) is 18.7. The summed E-state index contributed by atoms with van der Waals surface area (Å²) in [6.45, 7) is 6.25. The molecule has 1 N–H and O–H groups in total. The predicted molar refractivity (Wildman–Crippen MR) is 125 cm³/mol. The standard InChI is InChI=1S/C23H25N5OS/c1-14-6-7-15(2)21-19(14)12-16(3)22-25-26-23(28(21)22)30-13-20(29)24-17-8-10-18(11-9-17)27(4)5/h6-12H,13H2,1-5H3,(H,24,29). The number of carbonyl (C=O) groups excluding carboxylic acids is 1. The lowest BCUT2D eigenvalue weighted by atomic mass is 10.0. The molecule has 0 saturated carbocycles. The molecule has 0 saturated heterocycles. The van der Waals surface area contributed by atoms with Crippen molar-refractivity contribution in [2.24, 2.45) is 0 Å². The molecule has 1 amide bonds. The fourth-order valence-electron chi connectivity index (χ4n) is 3.57. The molecule has 0 aliphatic carbocycles. The Morgan fingerprint density at radius 3 is 2.40 bits per heavy atom. The van der Waals surface area contributed by atoms with E-state index in [0.717, 1.165) is 38.8 Å². The number of amides is 1. The molecule has 4 aromatic rings. The highest BCUT2D eigenvalue weighted by Gasteiger charge is 2.16. The fraction of sp³-hybridized carbons (Fsp3) is 0.261. The summed E-state index contributed by atoms with van der Waals surface area (Å²) in [5.74, 6) is 0.190. The first-order valence-electron chi connectivity index (χ1n) is 9.80. The molecule has 0 aliphatic heterocycles. The van der Waals surface area contributed by atoms with Crippen LogP contribution in [-0.4, -0.2) is 40.4 Å². The Kier molecular flexibility index (Phi) is 5.39. The zero-order chi connectivity index (χ0) is 21.4. The van der Waals surface area contributed by atoms with Gasteiger partial charge in [0.05, 0.1) is 11.3 Å². The topological polar surface area (TPSA) is 62.5 Å². The molecule has 2 aromatic carbocycles. The normalized spacial score (nSPS) is 11.2. The lowest BCUT2D eigenvalue weighted by molar-refractivity contribution is -0.113. The van der Waals surface area contributed by atoms with Gasteiger partial charge in [0.25, 0.3) is 0 Å². The van der Waals surface area contributed by atoms with Crippen LogP contribution in [0.15, 0.2) is 47.6 Å². The molecule has 6 nitrogen and oxygen atoms in total. The molecular weight excluding hydrogens is 394 g/mol. The Balaban J connectivity index is 1.58. The van der Waals surface area contributed by atoms with Crippen molar-refractivity contribution >= 4 is 45.6 Å². The summed E-state index contributed by atoms with van der Waals surface area (Å²) < 4.78 is 2.08. The molecule has 0 atom stereocenters. The number of fused-ring (bicyclic) bond motifs is 3. The minimum Gasteiger partial charge on any atom is -0.378 e. The summed E-state index contributed by atoms with van der Waals surface area (Å²) in [5, 5.41) is 13.6. The number of hydrogen-bond acceptors (Lipinski definition) is 5. The van der Waals surface area contributed by atoms with E-state index in [-0.39, 0.29) is 11.7 Å². The van der Waals surface area contributed by atoms with E-state index in [9.17, 15) is 4.79 Å². The van der Waals surface area contributed by atoms with Crippen LogP contribution in [0.4, 0.5) is 11.4 Å². The lowest BCUT2D eigenvalue weighted by Crippen LogP contribution is -2.14. The van der Waals surface area contributed by atoms with Gasteiger partial charge in [0.15, 0.2) is 10.8 Å². The molecule has 0 aliphatic rings. The number of hydrogen-bond donors (Lipinski definition) is 1. The third-order valence-electron chi connectivity index (χ3n) is 5.21. The van der Waals surface area contributed by atoms with Crippen molar-refractivity contribution in [3.05, 3.63) is 59.2 Å². The smallest absolute Gasteiger partial charge is 0.234 e. The van der Waals surface area contributed by atoms with E-state index in [1.807, 2.05) is 50.2 Å². The highest BCUT2D eigenvalue weighted by atomic mass is 32.2. The molecule has 154 valence electrons. The van der Waals surface area contributed by atoms with E-state index in [1.165, 1.54) is 22.7 Å². The van der Waals surface area contributed by atoms with Gasteiger partial charge in [-0.05, 0) is 67.8 Å². The van der Waals surface area contributed by atoms with E-state index in [4.69, 9.17) is 0 Å². The lowest BCUT2D eigenvalue weighted by Gasteiger charge is -2.13. The average molecular weight is 420 g/mol. The van der Waals surface area contributed by atoms with Crippen molar-refractivity contribution in [2.75, 3.05) is 30.1 Å². The van der Waals surface area contributed by atoms with Crippen LogP contribution in [0.5, 0.6) is 0 Å². The van der Waals surface area contributed by atoms with Gasteiger partial charge in [0.2, 0.25) is 5.91 Å². The number of nitrogens with zero attached hydrogens (tertiary/aromatic N) is 4. The Morgan fingerprint density at radius 1 is 1.00 bits per heavy atom. The second-order valence-electron chi connectivity index (χ2n) is 7.71. The number of aryl methyl sites for hydroxylation is 3. The van der Waals surface area contributed by atoms with Crippen molar-refractivity contribution in [3.8, 4) is 0 Å². The van der Waals surface area contributed by atoms with Crippen LogP contribution in [0, 0.1) is 20.8 Å². The molecule has 0 fully saturated rings. The predicted octanol–water partition coefficient (Wildman–Crippen LogP) is 4.60. The van der Waals surface area contributed by atoms with Gasteiger partial charge in [-0.1, -0.05) is 23.9 Å². The van der Waals surface area contributed by atoms with Gasteiger partial charge in [-0.2, -0.15) is 0 Å². The Morgan fingerprint density at radius 2 is 1.70 bits per heavy atom. The van der Waals surface area contributed by atoms with E-state index in [0.29, 0.717) is 0 Å². The van der Waals surface area contributed by atoms with E-state index >= 15 is 0 Å². The van der Waals surface area contributed by atoms with Crippen LogP contribution >= 0.6 is 11.8 Å². The molecule has 0 unspecified atom stereocenters. The summed E-state index contributed by atoms with van der Waals surface area (Å²) in [5.41, 5.74) is 7.24. The number of nitrogens with one attached hydrogen (secondary N) is 1. The van der Waals surface area contributed by atoms with E-state index in [1.54, 1.807) is 0 Å². The molecule has 0 bridgehead atoms. The number of aromatic nitrogens is 3. The second kappa shape index (κ2) is 7.99. The molecule has 4 rings (SSSR count). The van der Waals surface area contributed by atoms with Crippen LogP contribution in [0.3, 0.4) is 0 Å². The largest absolute Gasteiger partial charge is 0.378 e. The Hall–Kier alpha value is -3.06. The number of benzene rings is 2. The third kappa shape index (κ3) is 3.73. The maximum atomic E-state index is 12.5. The first kappa shape index (κ1) is 20.2. The quantitative estimate of drug-likeness (QED) is 0.479. The minimum absolute atomic E-state index is 0.0702. The van der Waals surface area contributed by atoms with Gasteiger partial charge in [-0.15, -0.1) is 10.2 Å². The molecule has 0 spiro atoms. The van der Waals surface area contributed by atoms with Gasteiger partial charge in [0.1, 0.15) is 0 Å². The van der Waals surface area contributed by atoms with Crippen LogP contribution in [-0.2, 0) is 4.79 Å². The molecule has 2 heterocycles. The van der Waals surface area contributed by atoms with Gasteiger partial charge >= 0.3 is 0 Å². The molecule has 7 heteroatoms. The number of thioether (sulfide) groups is 1.